The molecular weight excluding hydrogens is 262 g/mol. The number of anilines is 3. The van der Waals surface area contributed by atoms with Gasteiger partial charge in [-0.1, -0.05) is 18.2 Å². The molecule has 0 aliphatic carbocycles. The number of benzene rings is 2. The van der Waals surface area contributed by atoms with E-state index in [1.807, 2.05) is 18.2 Å². The van der Waals surface area contributed by atoms with Crippen LogP contribution in [0, 0.1) is 0 Å². The molecule has 2 N–H and O–H groups in total. The van der Waals surface area contributed by atoms with Crippen molar-refractivity contribution in [1.82, 2.24) is 0 Å². The maximum atomic E-state index is 6.11. The Balaban J connectivity index is 1.71. The molecule has 2 aromatic rings. The predicted octanol–water partition coefficient (Wildman–Crippen LogP) is 2.60. The van der Waals surface area contributed by atoms with Crippen LogP contribution in [0.4, 0.5) is 17.1 Å². The minimum atomic E-state index is 0.809. The van der Waals surface area contributed by atoms with Crippen LogP contribution in [-0.4, -0.2) is 33.3 Å². The number of piperazine rings is 1. The van der Waals surface area contributed by atoms with Gasteiger partial charge in [0.25, 0.3) is 0 Å². The summed E-state index contributed by atoms with van der Waals surface area (Å²) in [7, 11) is 1.68. The van der Waals surface area contributed by atoms with Gasteiger partial charge in [0.2, 0.25) is 0 Å². The fraction of sp³-hybridized carbons (Fsp3) is 0.294. The van der Waals surface area contributed by atoms with Crippen molar-refractivity contribution in [2.24, 2.45) is 0 Å². The molecule has 0 saturated carbocycles. The van der Waals surface area contributed by atoms with E-state index < -0.39 is 0 Å². The van der Waals surface area contributed by atoms with Gasteiger partial charge < -0.3 is 20.3 Å². The Morgan fingerprint density at radius 3 is 2.24 bits per heavy atom. The van der Waals surface area contributed by atoms with E-state index in [2.05, 4.69) is 40.1 Å². The molecule has 0 atom stereocenters. The lowest BCUT2D eigenvalue weighted by Gasteiger charge is -2.37. The zero-order chi connectivity index (χ0) is 14.7. The van der Waals surface area contributed by atoms with E-state index >= 15 is 0 Å². The quantitative estimate of drug-likeness (QED) is 0.879. The van der Waals surface area contributed by atoms with Crippen molar-refractivity contribution in [1.29, 1.82) is 0 Å². The zero-order valence-corrected chi connectivity index (χ0v) is 12.3. The minimum absolute atomic E-state index is 0.809. The van der Waals surface area contributed by atoms with Gasteiger partial charge in [-0.15, -0.1) is 0 Å². The monoisotopic (exact) mass is 283 g/mol. The molecule has 1 heterocycles. The maximum Gasteiger partial charge on any atom is 0.121 e. The summed E-state index contributed by atoms with van der Waals surface area (Å²) in [5.74, 6) is 0.852. The first-order valence-electron chi connectivity index (χ1n) is 7.26. The second-order valence-corrected chi connectivity index (χ2v) is 5.23. The fourth-order valence-corrected chi connectivity index (χ4v) is 2.77. The van der Waals surface area contributed by atoms with Gasteiger partial charge in [0, 0.05) is 37.9 Å². The number of rotatable bonds is 3. The molecule has 0 amide bonds. The first-order valence-corrected chi connectivity index (χ1v) is 7.26. The third-order valence-electron chi connectivity index (χ3n) is 3.98. The third-order valence-corrected chi connectivity index (χ3v) is 3.98. The van der Waals surface area contributed by atoms with E-state index in [1.54, 1.807) is 7.11 Å². The molecule has 1 saturated heterocycles. The Morgan fingerprint density at radius 1 is 0.905 bits per heavy atom. The van der Waals surface area contributed by atoms with Crippen molar-refractivity contribution in [3.05, 3.63) is 48.5 Å². The molecule has 2 aromatic carbocycles. The molecule has 3 rings (SSSR count). The fourth-order valence-electron chi connectivity index (χ4n) is 2.77. The van der Waals surface area contributed by atoms with Gasteiger partial charge in [-0.25, -0.2) is 0 Å². The van der Waals surface area contributed by atoms with Crippen molar-refractivity contribution < 1.29 is 4.74 Å². The summed E-state index contributed by atoms with van der Waals surface area (Å²) in [5.41, 5.74) is 9.28. The van der Waals surface area contributed by atoms with Gasteiger partial charge in [0.1, 0.15) is 5.75 Å². The van der Waals surface area contributed by atoms with E-state index in [4.69, 9.17) is 10.5 Å². The molecule has 0 unspecified atom stereocenters. The Labute approximate surface area is 125 Å². The molecule has 0 bridgehead atoms. The summed E-state index contributed by atoms with van der Waals surface area (Å²) in [6.07, 6.45) is 0. The number of ether oxygens (including phenoxy) is 1. The third kappa shape index (κ3) is 2.89. The second-order valence-electron chi connectivity index (χ2n) is 5.23. The number of nitrogens with zero attached hydrogens (tertiary/aromatic N) is 2. The van der Waals surface area contributed by atoms with Crippen LogP contribution in [-0.2, 0) is 0 Å². The summed E-state index contributed by atoms with van der Waals surface area (Å²) >= 11 is 0. The van der Waals surface area contributed by atoms with Crippen LogP contribution in [0.3, 0.4) is 0 Å². The summed E-state index contributed by atoms with van der Waals surface area (Å²) in [5, 5.41) is 0. The highest BCUT2D eigenvalue weighted by atomic mass is 16.5. The lowest BCUT2D eigenvalue weighted by molar-refractivity contribution is 0.415. The van der Waals surface area contributed by atoms with Crippen LogP contribution in [0.1, 0.15) is 0 Å². The molecule has 0 aromatic heterocycles. The maximum absolute atomic E-state index is 6.11. The molecular formula is C17H21N3O. The SMILES string of the molecule is COc1ccc(N)c(N2CCN(c3ccccc3)CC2)c1. The Kier molecular flexibility index (Phi) is 3.86. The standard InChI is InChI=1S/C17H21N3O/c1-21-15-7-8-16(18)17(13-15)20-11-9-19(10-12-20)14-5-3-2-4-6-14/h2-8,13H,9-12,18H2,1H3. The highest BCUT2D eigenvalue weighted by Gasteiger charge is 2.19. The van der Waals surface area contributed by atoms with E-state index in [0.29, 0.717) is 0 Å². The van der Waals surface area contributed by atoms with Crippen molar-refractivity contribution in [2.75, 3.05) is 48.8 Å². The normalized spacial score (nSPS) is 15.1. The Hall–Kier alpha value is -2.36. The molecule has 0 radical (unpaired) electrons. The average molecular weight is 283 g/mol. The minimum Gasteiger partial charge on any atom is -0.497 e. The van der Waals surface area contributed by atoms with Crippen LogP contribution in [0.2, 0.25) is 0 Å². The van der Waals surface area contributed by atoms with Crippen LogP contribution in [0.25, 0.3) is 0 Å². The van der Waals surface area contributed by atoms with Crippen molar-refractivity contribution in [3.63, 3.8) is 0 Å². The number of methoxy groups -OCH3 is 1. The molecule has 1 aliphatic rings. The van der Waals surface area contributed by atoms with Crippen LogP contribution in [0.15, 0.2) is 48.5 Å². The molecule has 21 heavy (non-hydrogen) atoms. The first kappa shape index (κ1) is 13.6. The molecule has 4 nitrogen and oxygen atoms in total. The lowest BCUT2D eigenvalue weighted by atomic mass is 10.2. The highest BCUT2D eigenvalue weighted by Crippen LogP contribution is 2.29. The average Bonchev–Trinajstić information content (AvgIpc) is 2.56. The van der Waals surface area contributed by atoms with Crippen LogP contribution >= 0.6 is 0 Å². The molecule has 1 aliphatic heterocycles. The Bertz CT molecular complexity index is 592. The van der Waals surface area contributed by atoms with Gasteiger partial charge >= 0.3 is 0 Å². The van der Waals surface area contributed by atoms with E-state index in [9.17, 15) is 0 Å². The van der Waals surface area contributed by atoms with Crippen molar-refractivity contribution >= 4 is 17.1 Å². The topological polar surface area (TPSA) is 41.7 Å². The van der Waals surface area contributed by atoms with Gasteiger partial charge in [-0.3, -0.25) is 0 Å². The molecule has 0 spiro atoms. The summed E-state index contributed by atoms with van der Waals surface area (Å²) < 4.78 is 5.30. The van der Waals surface area contributed by atoms with E-state index in [1.165, 1.54) is 5.69 Å². The summed E-state index contributed by atoms with van der Waals surface area (Å²) in [6, 6.07) is 16.4. The molecule has 4 heteroatoms. The number of hydrogen-bond donors (Lipinski definition) is 1. The largest absolute Gasteiger partial charge is 0.497 e. The summed E-state index contributed by atoms with van der Waals surface area (Å²) in [6.45, 7) is 3.93. The van der Waals surface area contributed by atoms with Gasteiger partial charge in [-0.05, 0) is 24.3 Å². The van der Waals surface area contributed by atoms with E-state index in [-0.39, 0.29) is 0 Å². The van der Waals surface area contributed by atoms with Gasteiger partial charge in [0.05, 0.1) is 18.5 Å². The van der Waals surface area contributed by atoms with Gasteiger partial charge in [-0.2, -0.15) is 0 Å². The number of nitrogens with two attached hydrogens (primary N) is 1. The summed E-state index contributed by atoms with van der Waals surface area (Å²) in [4.78, 5) is 4.74. The highest BCUT2D eigenvalue weighted by molar-refractivity contribution is 5.70. The lowest BCUT2D eigenvalue weighted by Crippen LogP contribution is -2.46. The van der Waals surface area contributed by atoms with Crippen LogP contribution < -0.4 is 20.3 Å². The van der Waals surface area contributed by atoms with Gasteiger partial charge in [0.15, 0.2) is 0 Å². The van der Waals surface area contributed by atoms with Crippen molar-refractivity contribution in [3.8, 4) is 5.75 Å². The second kappa shape index (κ2) is 5.95. The number of nitrogen functional groups attached to an aromatic ring is 1. The van der Waals surface area contributed by atoms with Crippen molar-refractivity contribution in [2.45, 2.75) is 0 Å². The Morgan fingerprint density at radius 2 is 1.57 bits per heavy atom. The number of hydrogen-bond acceptors (Lipinski definition) is 4. The van der Waals surface area contributed by atoms with Crippen LogP contribution in [0.5, 0.6) is 5.75 Å². The van der Waals surface area contributed by atoms with E-state index in [0.717, 1.165) is 43.3 Å². The predicted molar refractivity (Wildman–Crippen MR) is 88.3 cm³/mol. The zero-order valence-electron chi connectivity index (χ0n) is 12.3. The molecule has 110 valence electrons. The molecule has 1 fully saturated rings. The number of para-hydroxylation sites is 1. The first-order chi connectivity index (χ1) is 10.3. The smallest absolute Gasteiger partial charge is 0.121 e.